The molecular formula is C26H28O4S. The summed E-state index contributed by atoms with van der Waals surface area (Å²) < 4.78 is 18.6. The van der Waals surface area contributed by atoms with Gasteiger partial charge in [-0.2, -0.15) is 0 Å². The van der Waals surface area contributed by atoms with E-state index >= 15 is 0 Å². The molecule has 1 fully saturated rings. The average molecular weight is 437 g/mol. The minimum Gasteiger partial charge on any atom is -0.387 e. The van der Waals surface area contributed by atoms with Crippen LogP contribution in [0.1, 0.15) is 18.1 Å². The zero-order valence-corrected chi connectivity index (χ0v) is 18.4. The zero-order valence-electron chi connectivity index (χ0n) is 17.5. The van der Waals surface area contributed by atoms with Crippen LogP contribution in [0.15, 0.2) is 95.9 Å². The van der Waals surface area contributed by atoms with Crippen molar-refractivity contribution in [2.75, 3.05) is 0 Å². The normalized spacial score (nSPS) is 25.9. The monoisotopic (exact) mass is 436 g/mol. The van der Waals surface area contributed by atoms with Crippen LogP contribution < -0.4 is 0 Å². The van der Waals surface area contributed by atoms with Crippen LogP contribution in [0.5, 0.6) is 0 Å². The van der Waals surface area contributed by atoms with Crippen LogP contribution in [0.3, 0.4) is 0 Å². The Morgan fingerprint density at radius 3 is 1.77 bits per heavy atom. The van der Waals surface area contributed by atoms with Gasteiger partial charge in [0.05, 0.1) is 19.3 Å². The Hall–Kier alpha value is -2.15. The molecule has 1 N–H and O–H groups in total. The minimum absolute atomic E-state index is 0.267. The second-order valence-corrected chi connectivity index (χ2v) is 8.83. The molecular weight excluding hydrogens is 408 g/mol. The van der Waals surface area contributed by atoms with E-state index < -0.39 is 18.3 Å². The van der Waals surface area contributed by atoms with Crippen LogP contribution in [0.25, 0.3) is 0 Å². The number of ether oxygens (including phenoxy) is 3. The predicted molar refractivity (Wildman–Crippen MR) is 123 cm³/mol. The predicted octanol–water partition coefficient (Wildman–Crippen LogP) is 5.06. The number of hydrogen-bond donors (Lipinski definition) is 1. The van der Waals surface area contributed by atoms with Gasteiger partial charge in [-0.05, 0) is 30.2 Å². The molecule has 1 saturated heterocycles. The molecule has 0 bridgehead atoms. The van der Waals surface area contributed by atoms with Gasteiger partial charge in [0, 0.05) is 4.90 Å². The summed E-state index contributed by atoms with van der Waals surface area (Å²) in [6.07, 6.45) is -2.08. The van der Waals surface area contributed by atoms with Gasteiger partial charge in [0.15, 0.2) is 0 Å². The van der Waals surface area contributed by atoms with Gasteiger partial charge in [-0.25, -0.2) is 0 Å². The number of aliphatic hydroxyl groups excluding tert-OH is 1. The van der Waals surface area contributed by atoms with Gasteiger partial charge in [0.25, 0.3) is 0 Å². The van der Waals surface area contributed by atoms with Crippen molar-refractivity contribution < 1.29 is 19.3 Å². The highest BCUT2D eigenvalue weighted by Crippen LogP contribution is 2.36. The lowest BCUT2D eigenvalue weighted by atomic mass is 10.00. The molecule has 0 spiro atoms. The lowest BCUT2D eigenvalue weighted by Crippen LogP contribution is -2.57. The lowest BCUT2D eigenvalue weighted by molar-refractivity contribution is -0.226. The van der Waals surface area contributed by atoms with Crippen LogP contribution in [0.2, 0.25) is 0 Å². The molecule has 0 aliphatic carbocycles. The van der Waals surface area contributed by atoms with E-state index in [4.69, 9.17) is 14.2 Å². The second-order valence-electron chi connectivity index (χ2n) is 7.65. The van der Waals surface area contributed by atoms with Crippen molar-refractivity contribution in [1.82, 2.24) is 0 Å². The van der Waals surface area contributed by atoms with Gasteiger partial charge in [-0.1, -0.05) is 90.6 Å². The third-order valence-electron chi connectivity index (χ3n) is 5.32. The van der Waals surface area contributed by atoms with Gasteiger partial charge in [0.1, 0.15) is 23.7 Å². The molecule has 3 aromatic rings. The quantitative estimate of drug-likeness (QED) is 0.535. The van der Waals surface area contributed by atoms with Crippen molar-refractivity contribution in [1.29, 1.82) is 0 Å². The fourth-order valence-electron chi connectivity index (χ4n) is 3.66. The van der Waals surface area contributed by atoms with E-state index in [9.17, 15) is 5.11 Å². The Labute approximate surface area is 188 Å². The molecule has 5 atom stereocenters. The summed E-state index contributed by atoms with van der Waals surface area (Å²) in [6.45, 7) is 2.76. The van der Waals surface area contributed by atoms with E-state index in [0.717, 1.165) is 16.0 Å². The summed E-state index contributed by atoms with van der Waals surface area (Å²) in [5.41, 5.74) is 1.77. The van der Waals surface area contributed by atoms with Gasteiger partial charge < -0.3 is 19.3 Å². The van der Waals surface area contributed by atoms with Crippen LogP contribution in [-0.4, -0.2) is 35.0 Å². The molecule has 4 nitrogen and oxygen atoms in total. The smallest absolute Gasteiger partial charge is 0.136 e. The molecule has 0 aromatic heterocycles. The van der Waals surface area contributed by atoms with Crippen molar-refractivity contribution >= 4 is 11.8 Å². The van der Waals surface area contributed by atoms with Gasteiger partial charge in [-0.15, -0.1) is 0 Å². The molecule has 0 saturated carbocycles. The first kappa shape index (κ1) is 22.1. The number of benzene rings is 3. The Morgan fingerprint density at radius 2 is 1.23 bits per heavy atom. The maximum absolute atomic E-state index is 11.3. The molecule has 0 unspecified atom stereocenters. The third kappa shape index (κ3) is 5.97. The van der Waals surface area contributed by atoms with Crippen molar-refractivity contribution in [3.8, 4) is 0 Å². The maximum atomic E-state index is 11.3. The molecule has 1 aliphatic heterocycles. The maximum Gasteiger partial charge on any atom is 0.136 e. The fraction of sp³-hybridized carbons (Fsp3) is 0.308. The standard InChI is InChI=1S/C26H28O4S/c1-19-24(28-17-20-11-5-2-6-12-20)23(27)25(29-18-21-13-7-3-8-14-21)26(30-19)31-22-15-9-4-10-16-22/h2-16,19,23-27H,17-18H2,1H3/t19-,23+,24+,25-,26+/m0/s1. The summed E-state index contributed by atoms with van der Waals surface area (Å²) in [7, 11) is 0. The van der Waals surface area contributed by atoms with Crippen LogP contribution >= 0.6 is 11.8 Å². The topological polar surface area (TPSA) is 47.9 Å². The molecule has 3 aromatic carbocycles. The molecule has 5 heteroatoms. The Kier molecular flexibility index (Phi) is 7.78. The van der Waals surface area contributed by atoms with Gasteiger partial charge >= 0.3 is 0 Å². The highest BCUT2D eigenvalue weighted by molar-refractivity contribution is 7.99. The number of aliphatic hydroxyl groups is 1. The number of hydrogen-bond acceptors (Lipinski definition) is 5. The highest BCUT2D eigenvalue weighted by Gasteiger charge is 2.45. The number of thioether (sulfide) groups is 1. The lowest BCUT2D eigenvalue weighted by Gasteiger charge is -2.43. The molecule has 162 valence electrons. The zero-order chi connectivity index (χ0) is 21.5. The summed E-state index contributed by atoms with van der Waals surface area (Å²) in [5.74, 6) is 0. The summed E-state index contributed by atoms with van der Waals surface area (Å²) in [4.78, 5) is 1.07. The first-order valence-corrected chi connectivity index (χ1v) is 11.4. The third-order valence-corrected chi connectivity index (χ3v) is 6.47. The Bertz CT molecular complexity index is 906. The molecule has 4 rings (SSSR count). The van der Waals surface area contributed by atoms with Crippen LogP contribution in [0, 0.1) is 0 Å². The largest absolute Gasteiger partial charge is 0.387 e. The number of rotatable bonds is 8. The SMILES string of the molecule is C[C@@H]1O[C@H](Sc2ccccc2)[C@@H](OCc2ccccc2)[C@H](O)[C@@H]1OCc1ccccc1. The van der Waals surface area contributed by atoms with Crippen molar-refractivity contribution in [2.24, 2.45) is 0 Å². The van der Waals surface area contributed by atoms with E-state index in [1.165, 1.54) is 0 Å². The van der Waals surface area contributed by atoms with Crippen LogP contribution in [-0.2, 0) is 27.4 Å². The summed E-state index contributed by atoms with van der Waals surface area (Å²) >= 11 is 1.57. The van der Waals surface area contributed by atoms with Crippen molar-refractivity contribution in [3.05, 3.63) is 102 Å². The van der Waals surface area contributed by atoms with E-state index in [1.807, 2.05) is 97.9 Å². The van der Waals surface area contributed by atoms with Gasteiger partial charge in [0.2, 0.25) is 0 Å². The Morgan fingerprint density at radius 1 is 0.742 bits per heavy atom. The second kappa shape index (κ2) is 10.9. The molecule has 31 heavy (non-hydrogen) atoms. The molecule has 0 amide bonds. The average Bonchev–Trinajstić information content (AvgIpc) is 2.80. The van der Waals surface area contributed by atoms with E-state index in [-0.39, 0.29) is 11.5 Å². The van der Waals surface area contributed by atoms with Crippen LogP contribution in [0.4, 0.5) is 0 Å². The van der Waals surface area contributed by atoms with Crippen molar-refractivity contribution in [3.63, 3.8) is 0 Å². The summed E-state index contributed by atoms with van der Waals surface area (Å²) in [5, 5.41) is 11.3. The first-order valence-electron chi connectivity index (χ1n) is 10.6. The Balaban J connectivity index is 1.48. The fourth-order valence-corrected chi connectivity index (χ4v) is 4.85. The van der Waals surface area contributed by atoms with Gasteiger partial charge in [-0.3, -0.25) is 0 Å². The van der Waals surface area contributed by atoms with E-state index in [1.54, 1.807) is 11.8 Å². The molecule has 0 radical (unpaired) electrons. The van der Waals surface area contributed by atoms with E-state index in [2.05, 4.69) is 0 Å². The molecule has 1 aliphatic rings. The minimum atomic E-state index is -0.808. The first-order chi connectivity index (χ1) is 15.2. The summed E-state index contributed by atoms with van der Waals surface area (Å²) in [6, 6.07) is 30.0. The van der Waals surface area contributed by atoms with Crippen molar-refractivity contribution in [2.45, 2.75) is 54.9 Å². The molecule has 1 heterocycles. The van der Waals surface area contributed by atoms with E-state index in [0.29, 0.717) is 13.2 Å². The highest BCUT2D eigenvalue weighted by atomic mass is 32.2.